The van der Waals surface area contributed by atoms with Gasteiger partial charge in [-0.05, 0) is 55.7 Å². The molecular weight excluding hydrogens is 231 g/mol. The molecule has 0 radical (unpaired) electrons. The second-order valence-corrected chi connectivity index (χ2v) is 5.47. The zero-order chi connectivity index (χ0) is 12.6. The minimum absolute atomic E-state index is 0.180. The van der Waals surface area contributed by atoms with Gasteiger partial charge in [0.25, 0.3) is 0 Å². The third-order valence-corrected chi connectivity index (χ3v) is 4.31. The Balaban J connectivity index is 1.74. The molecule has 1 aliphatic heterocycles. The average molecular weight is 250 g/mol. The van der Waals surface area contributed by atoms with Crippen LogP contribution in [0.4, 0.5) is 4.39 Å². The van der Waals surface area contributed by atoms with Crippen LogP contribution in [0.5, 0.6) is 0 Å². The van der Waals surface area contributed by atoms with Crippen molar-refractivity contribution in [3.05, 3.63) is 35.1 Å². The first-order chi connectivity index (χ1) is 8.69. The van der Waals surface area contributed by atoms with Gasteiger partial charge in [-0.3, -0.25) is 0 Å². The number of fused-ring (bicyclic) bond motifs is 1. The van der Waals surface area contributed by atoms with Crippen molar-refractivity contribution >= 4 is 0 Å². The molecule has 18 heavy (non-hydrogen) atoms. The molecule has 0 bridgehead atoms. The molecule has 2 atom stereocenters. The lowest BCUT2D eigenvalue weighted by molar-refractivity contribution is 0.00811. The Morgan fingerprint density at radius 3 is 3.11 bits per heavy atom. The molecule has 2 aliphatic rings. The van der Waals surface area contributed by atoms with E-state index >= 15 is 0 Å². The van der Waals surface area contributed by atoms with E-state index in [9.17, 15) is 9.50 Å². The molecule has 3 rings (SSSR count). The zero-order valence-electron chi connectivity index (χ0n) is 10.5. The third-order valence-electron chi connectivity index (χ3n) is 4.31. The number of benzene rings is 1. The van der Waals surface area contributed by atoms with Gasteiger partial charge in [0, 0.05) is 6.61 Å². The second kappa shape index (κ2) is 4.63. The molecular formula is C15H19FO2. The smallest absolute Gasteiger partial charge is 0.126 e. The van der Waals surface area contributed by atoms with Gasteiger partial charge >= 0.3 is 0 Å². The van der Waals surface area contributed by atoms with Gasteiger partial charge in [-0.1, -0.05) is 12.1 Å². The summed E-state index contributed by atoms with van der Waals surface area (Å²) in [4.78, 5) is 0. The van der Waals surface area contributed by atoms with Crippen LogP contribution >= 0.6 is 0 Å². The quantitative estimate of drug-likeness (QED) is 0.893. The Kier molecular flexibility index (Phi) is 3.12. The molecule has 1 saturated heterocycles. The number of hydrogen-bond acceptors (Lipinski definition) is 2. The Morgan fingerprint density at radius 2 is 2.33 bits per heavy atom. The highest BCUT2D eigenvalue weighted by molar-refractivity contribution is 5.38. The lowest BCUT2D eigenvalue weighted by atomic mass is 9.89. The molecule has 0 aromatic heterocycles. The first kappa shape index (κ1) is 12.1. The number of rotatable bonds is 3. The lowest BCUT2D eigenvalue weighted by Crippen LogP contribution is -2.24. The molecule has 2 nitrogen and oxygen atoms in total. The Hall–Kier alpha value is -0.930. The standard InChI is InChI=1S/C15H19FO2/c16-14-5-1-4-13-12(14)7-9-15(13,17)8-6-11-3-2-10-18-11/h1,4-5,11,17H,2-3,6-10H2. The fourth-order valence-electron chi connectivity index (χ4n) is 3.25. The van der Waals surface area contributed by atoms with Gasteiger partial charge < -0.3 is 9.84 Å². The SMILES string of the molecule is OC1(CCC2CCCO2)CCc2c(F)cccc21. The second-order valence-electron chi connectivity index (χ2n) is 5.47. The summed E-state index contributed by atoms with van der Waals surface area (Å²) in [7, 11) is 0. The van der Waals surface area contributed by atoms with E-state index in [1.54, 1.807) is 6.07 Å². The van der Waals surface area contributed by atoms with Crippen molar-refractivity contribution in [3.63, 3.8) is 0 Å². The maximum absolute atomic E-state index is 13.6. The molecule has 0 spiro atoms. The van der Waals surface area contributed by atoms with Crippen molar-refractivity contribution in [2.45, 2.75) is 50.2 Å². The Bertz CT molecular complexity index is 440. The van der Waals surface area contributed by atoms with Crippen LogP contribution in [-0.4, -0.2) is 17.8 Å². The maximum atomic E-state index is 13.6. The van der Waals surface area contributed by atoms with Crippen molar-refractivity contribution in [3.8, 4) is 0 Å². The highest BCUT2D eigenvalue weighted by atomic mass is 19.1. The monoisotopic (exact) mass is 250 g/mol. The molecule has 98 valence electrons. The first-order valence-electron chi connectivity index (χ1n) is 6.81. The van der Waals surface area contributed by atoms with Crippen LogP contribution in [0.25, 0.3) is 0 Å². The minimum atomic E-state index is -0.844. The van der Waals surface area contributed by atoms with Crippen LogP contribution in [-0.2, 0) is 16.8 Å². The Morgan fingerprint density at radius 1 is 1.44 bits per heavy atom. The van der Waals surface area contributed by atoms with E-state index in [0.29, 0.717) is 24.8 Å². The van der Waals surface area contributed by atoms with Crippen LogP contribution < -0.4 is 0 Å². The van der Waals surface area contributed by atoms with E-state index in [2.05, 4.69) is 0 Å². The van der Waals surface area contributed by atoms with Crippen molar-refractivity contribution in [2.24, 2.45) is 0 Å². The summed E-state index contributed by atoms with van der Waals surface area (Å²) in [5.41, 5.74) is 0.650. The van der Waals surface area contributed by atoms with Crippen molar-refractivity contribution in [1.29, 1.82) is 0 Å². The zero-order valence-corrected chi connectivity index (χ0v) is 10.5. The molecule has 1 N–H and O–H groups in total. The minimum Gasteiger partial charge on any atom is -0.385 e. The summed E-state index contributed by atoms with van der Waals surface area (Å²) in [5, 5.41) is 10.7. The molecule has 1 aromatic carbocycles. The number of hydrogen-bond donors (Lipinski definition) is 1. The fourth-order valence-corrected chi connectivity index (χ4v) is 3.25. The molecule has 1 heterocycles. The first-order valence-corrected chi connectivity index (χ1v) is 6.81. The highest BCUT2D eigenvalue weighted by Gasteiger charge is 2.38. The summed E-state index contributed by atoms with van der Waals surface area (Å²) < 4.78 is 19.2. The molecule has 2 unspecified atom stereocenters. The fraction of sp³-hybridized carbons (Fsp3) is 0.600. The van der Waals surface area contributed by atoms with Gasteiger partial charge in [0.2, 0.25) is 0 Å². The lowest BCUT2D eigenvalue weighted by Gasteiger charge is -2.25. The predicted octanol–water partition coefficient (Wildman–Crippen LogP) is 2.92. The Labute approximate surface area is 107 Å². The van der Waals surface area contributed by atoms with E-state index in [1.165, 1.54) is 6.07 Å². The molecule has 1 aromatic rings. The van der Waals surface area contributed by atoms with Crippen LogP contribution in [0, 0.1) is 5.82 Å². The van der Waals surface area contributed by atoms with Crippen molar-refractivity contribution in [1.82, 2.24) is 0 Å². The highest BCUT2D eigenvalue weighted by Crippen LogP contribution is 2.41. The van der Waals surface area contributed by atoms with E-state index in [0.717, 1.165) is 31.4 Å². The molecule has 1 aliphatic carbocycles. The van der Waals surface area contributed by atoms with Gasteiger partial charge in [-0.2, -0.15) is 0 Å². The van der Waals surface area contributed by atoms with Gasteiger partial charge in [-0.15, -0.1) is 0 Å². The van der Waals surface area contributed by atoms with Gasteiger partial charge in [-0.25, -0.2) is 4.39 Å². The predicted molar refractivity (Wildman–Crippen MR) is 66.8 cm³/mol. The van der Waals surface area contributed by atoms with Gasteiger partial charge in [0.1, 0.15) is 5.82 Å². The summed E-state index contributed by atoms with van der Waals surface area (Å²) in [5.74, 6) is -0.180. The maximum Gasteiger partial charge on any atom is 0.126 e. The van der Waals surface area contributed by atoms with E-state index in [4.69, 9.17) is 4.74 Å². The number of ether oxygens (including phenoxy) is 1. The van der Waals surface area contributed by atoms with Crippen molar-refractivity contribution in [2.75, 3.05) is 6.61 Å². The number of aliphatic hydroxyl groups is 1. The average Bonchev–Trinajstić information content (AvgIpc) is 2.97. The van der Waals surface area contributed by atoms with Crippen LogP contribution in [0.3, 0.4) is 0 Å². The summed E-state index contributed by atoms with van der Waals surface area (Å²) in [6.45, 7) is 0.842. The third kappa shape index (κ3) is 2.06. The van der Waals surface area contributed by atoms with Gasteiger partial charge in [0.15, 0.2) is 0 Å². The van der Waals surface area contributed by atoms with Gasteiger partial charge in [0.05, 0.1) is 11.7 Å². The molecule has 0 saturated carbocycles. The largest absolute Gasteiger partial charge is 0.385 e. The molecule has 0 amide bonds. The van der Waals surface area contributed by atoms with E-state index < -0.39 is 5.60 Å². The van der Waals surface area contributed by atoms with E-state index in [-0.39, 0.29) is 11.9 Å². The van der Waals surface area contributed by atoms with Crippen LogP contribution in [0.1, 0.15) is 43.2 Å². The summed E-state index contributed by atoms with van der Waals surface area (Å²) in [6, 6.07) is 5.03. The summed E-state index contributed by atoms with van der Waals surface area (Å²) in [6.07, 6.45) is 5.31. The molecule has 1 fully saturated rings. The topological polar surface area (TPSA) is 29.5 Å². The number of halogens is 1. The van der Waals surface area contributed by atoms with Crippen molar-refractivity contribution < 1.29 is 14.2 Å². The molecule has 3 heteroatoms. The van der Waals surface area contributed by atoms with Crippen LogP contribution in [0.15, 0.2) is 18.2 Å². The summed E-state index contributed by atoms with van der Waals surface area (Å²) >= 11 is 0. The normalized spacial score (nSPS) is 30.7. The van der Waals surface area contributed by atoms with Crippen LogP contribution in [0.2, 0.25) is 0 Å². The van der Waals surface area contributed by atoms with E-state index in [1.807, 2.05) is 6.07 Å².